The van der Waals surface area contributed by atoms with E-state index in [9.17, 15) is 5.21 Å². The lowest BCUT2D eigenvalue weighted by molar-refractivity contribution is -0.469. The van der Waals surface area contributed by atoms with Crippen molar-refractivity contribution in [3.63, 3.8) is 0 Å². The van der Waals surface area contributed by atoms with Crippen molar-refractivity contribution in [1.82, 2.24) is 9.55 Å². The van der Waals surface area contributed by atoms with Crippen LogP contribution in [0.4, 0.5) is 0 Å². The summed E-state index contributed by atoms with van der Waals surface area (Å²) >= 11 is 0. The van der Waals surface area contributed by atoms with E-state index in [1.54, 1.807) is 18.7 Å². The zero-order valence-corrected chi connectivity index (χ0v) is 11.5. The van der Waals surface area contributed by atoms with Crippen molar-refractivity contribution in [2.75, 3.05) is 0 Å². The molecule has 2 aromatic carbocycles. The molecule has 0 unspecified atom stereocenters. The summed E-state index contributed by atoms with van der Waals surface area (Å²) in [5.41, 5.74) is 2.79. The molecule has 1 aromatic heterocycles. The lowest BCUT2D eigenvalue weighted by Gasteiger charge is -2.08. The summed E-state index contributed by atoms with van der Waals surface area (Å²) in [6.07, 6.45) is 6.91. The standard InChI is InChI=1S/C17H15N3O/c21-20(12-15-6-2-1-3-7-15)13-16-8-4-5-9-17(16)19-11-10-18-14-19/h1-11,13-14H,12H2. The first-order chi connectivity index (χ1) is 10.3. The molecule has 0 radical (unpaired) electrons. The third kappa shape index (κ3) is 3.17. The molecule has 0 aliphatic carbocycles. The molecule has 0 aliphatic heterocycles. The number of imidazole rings is 1. The Balaban J connectivity index is 1.89. The summed E-state index contributed by atoms with van der Waals surface area (Å²) in [7, 11) is 0. The topological polar surface area (TPSA) is 43.9 Å². The molecule has 3 aromatic rings. The van der Waals surface area contributed by atoms with Gasteiger partial charge in [0.2, 0.25) is 0 Å². The van der Waals surface area contributed by atoms with Crippen LogP contribution in [-0.2, 0) is 6.54 Å². The number of hydroxylamine groups is 1. The average molecular weight is 277 g/mol. The van der Waals surface area contributed by atoms with Crippen LogP contribution in [0.5, 0.6) is 0 Å². The number of benzene rings is 2. The third-order valence-corrected chi connectivity index (χ3v) is 3.18. The van der Waals surface area contributed by atoms with Gasteiger partial charge < -0.3 is 9.77 Å². The summed E-state index contributed by atoms with van der Waals surface area (Å²) in [5.74, 6) is 0. The number of hydrogen-bond acceptors (Lipinski definition) is 2. The first-order valence-electron chi connectivity index (χ1n) is 6.73. The second kappa shape index (κ2) is 6.05. The average Bonchev–Trinajstić information content (AvgIpc) is 3.03. The van der Waals surface area contributed by atoms with Gasteiger partial charge in [-0.25, -0.2) is 9.72 Å². The second-order valence-corrected chi connectivity index (χ2v) is 4.72. The molecule has 0 spiro atoms. The highest BCUT2D eigenvalue weighted by Gasteiger charge is 2.05. The number of aromatic nitrogens is 2. The summed E-state index contributed by atoms with van der Waals surface area (Å²) < 4.78 is 2.84. The molecule has 0 bridgehead atoms. The van der Waals surface area contributed by atoms with Crippen molar-refractivity contribution in [3.8, 4) is 5.69 Å². The van der Waals surface area contributed by atoms with Crippen LogP contribution in [0.3, 0.4) is 0 Å². The van der Waals surface area contributed by atoms with Gasteiger partial charge >= 0.3 is 0 Å². The Morgan fingerprint density at radius 3 is 2.57 bits per heavy atom. The van der Waals surface area contributed by atoms with Crippen molar-refractivity contribution in [2.24, 2.45) is 0 Å². The van der Waals surface area contributed by atoms with Crippen LogP contribution >= 0.6 is 0 Å². The Morgan fingerprint density at radius 2 is 1.81 bits per heavy atom. The van der Waals surface area contributed by atoms with Gasteiger partial charge in [0.1, 0.15) is 0 Å². The minimum atomic E-state index is 0.332. The molecule has 104 valence electrons. The number of rotatable bonds is 4. The maximum atomic E-state index is 12.1. The fraction of sp³-hybridized carbons (Fsp3) is 0.0588. The molecule has 4 heteroatoms. The van der Waals surface area contributed by atoms with Crippen molar-refractivity contribution in [2.45, 2.75) is 6.54 Å². The Labute approximate surface area is 123 Å². The monoisotopic (exact) mass is 277 g/mol. The Morgan fingerprint density at radius 1 is 1.05 bits per heavy atom. The quantitative estimate of drug-likeness (QED) is 0.318. The highest BCUT2D eigenvalue weighted by atomic mass is 16.5. The van der Waals surface area contributed by atoms with Crippen molar-refractivity contribution < 1.29 is 4.74 Å². The van der Waals surface area contributed by atoms with Crippen LogP contribution in [0.15, 0.2) is 73.3 Å². The fourth-order valence-corrected chi connectivity index (χ4v) is 2.20. The molecule has 0 saturated heterocycles. The molecule has 0 N–H and O–H groups in total. The zero-order valence-electron chi connectivity index (χ0n) is 11.5. The predicted octanol–water partition coefficient (Wildman–Crippen LogP) is 3.00. The van der Waals surface area contributed by atoms with Crippen LogP contribution in [0.2, 0.25) is 0 Å². The summed E-state index contributed by atoms with van der Waals surface area (Å²) in [5, 5.41) is 12.1. The normalized spacial score (nSPS) is 11.5. The largest absolute Gasteiger partial charge is 0.624 e. The van der Waals surface area contributed by atoms with Gasteiger partial charge in [0.25, 0.3) is 0 Å². The molecule has 0 saturated carbocycles. The van der Waals surface area contributed by atoms with Gasteiger partial charge in [0.05, 0.1) is 17.6 Å². The highest BCUT2D eigenvalue weighted by molar-refractivity contribution is 5.81. The Bertz CT molecular complexity index is 734. The van der Waals surface area contributed by atoms with E-state index in [0.717, 1.165) is 21.6 Å². The van der Waals surface area contributed by atoms with E-state index in [1.807, 2.05) is 65.4 Å². The van der Waals surface area contributed by atoms with Gasteiger partial charge in [-0.1, -0.05) is 42.5 Å². The predicted molar refractivity (Wildman–Crippen MR) is 82.5 cm³/mol. The minimum absolute atomic E-state index is 0.332. The molecule has 1 heterocycles. The van der Waals surface area contributed by atoms with Gasteiger partial charge in [-0.05, 0) is 12.1 Å². The molecule has 0 aliphatic rings. The minimum Gasteiger partial charge on any atom is -0.624 e. The highest BCUT2D eigenvalue weighted by Crippen LogP contribution is 2.12. The molecular formula is C17H15N3O. The van der Waals surface area contributed by atoms with Crippen molar-refractivity contribution in [3.05, 3.63) is 89.7 Å². The van der Waals surface area contributed by atoms with Crippen molar-refractivity contribution >= 4 is 6.21 Å². The van der Waals surface area contributed by atoms with E-state index in [0.29, 0.717) is 6.54 Å². The molecule has 0 atom stereocenters. The van der Waals surface area contributed by atoms with E-state index in [-0.39, 0.29) is 0 Å². The Kier molecular flexibility index (Phi) is 3.78. The van der Waals surface area contributed by atoms with Crippen LogP contribution in [-0.4, -0.2) is 20.5 Å². The van der Waals surface area contributed by atoms with Gasteiger partial charge in [0, 0.05) is 18.0 Å². The lowest BCUT2D eigenvalue weighted by Crippen LogP contribution is -2.07. The number of hydrogen-bond donors (Lipinski definition) is 0. The molecular weight excluding hydrogens is 262 g/mol. The first-order valence-corrected chi connectivity index (χ1v) is 6.73. The maximum Gasteiger partial charge on any atom is 0.184 e. The van der Waals surface area contributed by atoms with E-state index in [2.05, 4.69) is 4.98 Å². The van der Waals surface area contributed by atoms with Gasteiger partial charge in [0.15, 0.2) is 12.8 Å². The van der Waals surface area contributed by atoms with E-state index >= 15 is 0 Å². The molecule has 3 rings (SSSR count). The maximum absolute atomic E-state index is 12.1. The molecule has 21 heavy (non-hydrogen) atoms. The van der Waals surface area contributed by atoms with Gasteiger partial charge in [-0.3, -0.25) is 0 Å². The van der Waals surface area contributed by atoms with Crippen LogP contribution < -0.4 is 0 Å². The number of para-hydroxylation sites is 1. The third-order valence-electron chi connectivity index (χ3n) is 3.18. The van der Waals surface area contributed by atoms with E-state index in [4.69, 9.17) is 0 Å². The van der Waals surface area contributed by atoms with E-state index < -0.39 is 0 Å². The van der Waals surface area contributed by atoms with E-state index in [1.165, 1.54) is 0 Å². The SMILES string of the molecule is [O-][N+](=Cc1ccccc1-n1ccnc1)Cc1ccccc1. The van der Waals surface area contributed by atoms with Gasteiger partial charge in [-0.15, -0.1) is 0 Å². The Hall–Kier alpha value is -2.88. The molecule has 4 nitrogen and oxygen atoms in total. The zero-order chi connectivity index (χ0) is 14.5. The smallest absolute Gasteiger partial charge is 0.184 e. The number of nitrogens with zero attached hydrogens (tertiary/aromatic N) is 3. The fourth-order valence-electron chi connectivity index (χ4n) is 2.20. The second-order valence-electron chi connectivity index (χ2n) is 4.72. The van der Waals surface area contributed by atoms with Crippen LogP contribution in [0.25, 0.3) is 5.69 Å². The van der Waals surface area contributed by atoms with Crippen LogP contribution in [0.1, 0.15) is 11.1 Å². The van der Waals surface area contributed by atoms with Crippen LogP contribution in [0, 0.1) is 5.21 Å². The summed E-state index contributed by atoms with van der Waals surface area (Å²) in [6.45, 7) is 0.332. The molecule has 0 fully saturated rings. The summed E-state index contributed by atoms with van der Waals surface area (Å²) in [6, 6.07) is 17.4. The molecule has 0 amide bonds. The van der Waals surface area contributed by atoms with Crippen molar-refractivity contribution in [1.29, 1.82) is 0 Å². The first kappa shape index (κ1) is 13.1. The summed E-state index contributed by atoms with van der Waals surface area (Å²) in [4.78, 5) is 4.04. The van der Waals surface area contributed by atoms with Gasteiger partial charge in [-0.2, -0.15) is 0 Å². The lowest BCUT2D eigenvalue weighted by atomic mass is 10.2.